The van der Waals surface area contributed by atoms with Gasteiger partial charge in [0.1, 0.15) is 17.3 Å². The highest BCUT2D eigenvalue weighted by Crippen LogP contribution is 2.27. The van der Waals surface area contributed by atoms with Crippen molar-refractivity contribution in [2.75, 3.05) is 24.1 Å². The molecule has 0 spiro atoms. The van der Waals surface area contributed by atoms with Crippen LogP contribution in [0.15, 0.2) is 30.5 Å². The van der Waals surface area contributed by atoms with Crippen LogP contribution < -0.4 is 20.5 Å². The zero-order valence-corrected chi connectivity index (χ0v) is 18.9. The van der Waals surface area contributed by atoms with Crippen LogP contribution in [0.4, 0.5) is 11.5 Å². The van der Waals surface area contributed by atoms with E-state index in [1.54, 1.807) is 0 Å². The first-order valence-corrected chi connectivity index (χ1v) is 11.0. The predicted molar refractivity (Wildman–Crippen MR) is 123 cm³/mol. The number of benzene rings is 1. The van der Waals surface area contributed by atoms with Crippen LogP contribution >= 0.6 is 0 Å². The number of rotatable bonds is 8. The maximum absolute atomic E-state index is 5.94. The van der Waals surface area contributed by atoms with Gasteiger partial charge in [-0.3, -0.25) is 4.90 Å². The van der Waals surface area contributed by atoms with Crippen molar-refractivity contribution in [3.63, 3.8) is 0 Å². The Morgan fingerprint density at radius 3 is 2.17 bits per heavy atom. The molecule has 1 fully saturated rings. The average molecular weight is 413 g/mol. The molecular formula is C24H36N4O2. The molecule has 6 heteroatoms. The molecule has 0 unspecified atom stereocenters. The number of hydrogen-bond donors (Lipinski definition) is 2. The number of aromatic nitrogens is 1. The SMILES string of the molecule is Cc1cc(NC2CCN(Cc3cc(OC(C)C)cc(OC(C)C)c3)CC2)cnc1N. The van der Waals surface area contributed by atoms with Gasteiger partial charge in [-0.2, -0.15) is 0 Å². The van der Waals surface area contributed by atoms with Crippen LogP contribution in [0.1, 0.15) is 51.7 Å². The summed E-state index contributed by atoms with van der Waals surface area (Å²) < 4.78 is 11.9. The molecule has 1 aliphatic heterocycles. The summed E-state index contributed by atoms with van der Waals surface area (Å²) >= 11 is 0. The Morgan fingerprint density at radius 1 is 1.03 bits per heavy atom. The third-order valence-corrected chi connectivity index (χ3v) is 5.17. The minimum absolute atomic E-state index is 0.139. The van der Waals surface area contributed by atoms with E-state index in [2.05, 4.69) is 33.4 Å². The molecule has 1 aliphatic rings. The van der Waals surface area contributed by atoms with Crippen molar-refractivity contribution < 1.29 is 9.47 Å². The topological polar surface area (TPSA) is 72.6 Å². The third kappa shape index (κ3) is 6.52. The molecule has 0 saturated carbocycles. The number of ether oxygens (including phenoxy) is 2. The molecule has 2 aromatic rings. The lowest BCUT2D eigenvalue weighted by Crippen LogP contribution is -2.38. The number of pyridine rings is 1. The van der Waals surface area contributed by atoms with Gasteiger partial charge >= 0.3 is 0 Å². The largest absolute Gasteiger partial charge is 0.491 e. The van der Waals surface area contributed by atoms with Gasteiger partial charge in [0.2, 0.25) is 0 Å². The zero-order chi connectivity index (χ0) is 21.7. The third-order valence-electron chi connectivity index (χ3n) is 5.17. The first-order valence-electron chi connectivity index (χ1n) is 11.0. The van der Waals surface area contributed by atoms with Crippen molar-refractivity contribution in [1.82, 2.24) is 9.88 Å². The van der Waals surface area contributed by atoms with Crippen LogP contribution in [0, 0.1) is 6.92 Å². The lowest BCUT2D eigenvalue weighted by molar-refractivity contribution is 0.207. The van der Waals surface area contributed by atoms with Crippen molar-refractivity contribution in [3.05, 3.63) is 41.6 Å². The molecular weight excluding hydrogens is 376 g/mol. The van der Waals surface area contributed by atoms with Crippen LogP contribution in [-0.2, 0) is 6.54 Å². The molecule has 1 aromatic heterocycles. The summed E-state index contributed by atoms with van der Waals surface area (Å²) in [5.41, 5.74) is 9.12. The summed E-state index contributed by atoms with van der Waals surface area (Å²) in [6, 6.07) is 8.80. The van der Waals surface area contributed by atoms with E-state index < -0.39 is 0 Å². The second-order valence-corrected chi connectivity index (χ2v) is 8.77. The molecule has 1 aromatic carbocycles. The molecule has 0 atom stereocenters. The minimum atomic E-state index is 0.139. The summed E-state index contributed by atoms with van der Waals surface area (Å²) in [5, 5.41) is 3.61. The van der Waals surface area contributed by atoms with Crippen molar-refractivity contribution >= 4 is 11.5 Å². The summed E-state index contributed by atoms with van der Waals surface area (Å²) in [6.45, 7) is 13.2. The fraction of sp³-hybridized carbons (Fsp3) is 0.542. The number of nitrogen functional groups attached to an aromatic ring is 1. The number of hydrogen-bond acceptors (Lipinski definition) is 6. The maximum atomic E-state index is 5.94. The van der Waals surface area contributed by atoms with Crippen molar-refractivity contribution in [2.45, 2.75) is 72.3 Å². The second-order valence-electron chi connectivity index (χ2n) is 8.77. The van der Waals surface area contributed by atoms with Crippen molar-refractivity contribution in [3.8, 4) is 11.5 Å². The predicted octanol–water partition coefficient (Wildman–Crippen LogP) is 4.62. The van der Waals surface area contributed by atoms with E-state index >= 15 is 0 Å². The summed E-state index contributed by atoms with van der Waals surface area (Å²) in [6.07, 6.45) is 4.30. The quantitative estimate of drug-likeness (QED) is 0.659. The highest BCUT2D eigenvalue weighted by atomic mass is 16.5. The molecule has 0 bridgehead atoms. The summed E-state index contributed by atoms with van der Waals surface area (Å²) in [4.78, 5) is 6.75. The molecule has 164 valence electrons. The van der Waals surface area contributed by atoms with Crippen LogP contribution in [0.25, 0.3) is 0 Å². The standard InChI is InChI=1S/C24H36N4O2/c1-16(2)29-22-11-19(12-23(13-22)30-17(3)4)15-28-8-6-20(7-9-28)27-21-10-18(5)24(25)26-14-21/h10-14,16-17,20,27H,6-9,15H2,1-5H3,(H2,25,26). The van der Waals surface area contributed by atoms with Gasteiger partial charge < -0.3 is 20.5 Å². The first-order chi connectivity index (χ1) is 14.3. The lowest BCUT2D eigenvalue weighted by atomic mass is 10.0. The van der Waals surface area contributed by atoms with E-state index in [0.717, 1.165) is 55.2 Å². The first kappa shape index (κ1) is 22.2. The summed E-state index contributed by atoms with van der Waals surface area (Å²) in [5.74, 6) is 2.35. The second kappa shape index (κ2) is 10.0. The number of anilines is 2. The van der Waals surface area contributed by atoms with E-state index in [0.29, 0.717) is 11.9 Å². The number of nitrogens with two attached hydrogens (primary N) is 1. The fourth-order valence-corrected chi connectivity index (χ4v) is 3.80. The van der Waals surface area contributed by atoms with E-state index in [9.17, 15) is 0 Å². The Bertz CT molecular complexity index is 802. The number of nitrogens with zero attached hydrogens (tertiary/aromatic N) is 2. The van der Waals surface area contributed by atoms with Gasteiger partial charge in [0, 0.05) is 31.7 Å². The fourth-order valence-electron chi connectivity index (χ4n) is 3.80. The zero-order valence-electron chi connectivity index (χ0n) is 18.9. The number of aryl methyl sites for hydroxylation is 1. The van der Waals surface area contributed by atoms with Crippen molar-refractivity contribution in [1.29, 1.82) is 0 Å². The lowest BCUT2D eigenvalue weighted by Gasteiger charge is -2.33. The molecule has 3 rings (SSSR count). The Labute approximate surface area is 180 Å². The Kier molecular flexibility index (Phi) is 7.43. The normalized spacial score (nSPS) is 15.6. The van der Waals surface area contributed by atoms with Crippen LogP contribution in [0.3, 0.4) is 0 Å². The molecule has 2 heterocycles. The molecule has 3 N–H and O–H groups in total. The number of nitrogens with one attached hydrogen (secondary N) is 1. The number of likely N-dealkylation sites (tertiary alicyclic amines) is 1. The minimum Gasteiger partial charge on any atom is -0.491 e. The summed E-state index contributed by atoms with van der Waals surface area (Å²) in [7, 11) is 0. The van der Waals surface area contributed by atoms with Crippen LogP contribution in [0.5, 0.6) is 11.5 Å². The molecule has 0 aliphatic carbocycles. The van der Waals surface area contributed by atoms with E-state index in [4.69, 9.17) is 15.2 Å². The van der Waals surface area contributed by atoms with E-state index in [1.807, 2.05) is 46.9 Å². The molecule has 0 radical (unpaired) electrons. The highest BCUT2D eigenvalue weighted by Gasteiger charge is 2.20. The van der Waals surface area contributed by atoms with Gasteiger partial charge in [0.25, 0.3) is 0 Å². The van der Waals surface area contributed by atoms with Gasteiger partial charge in [-0.25, -0.2) is 4.98 Å². The monoisotopic (exact) mass is 412 g/mol. The number of piperidine rings is 1. The van der Waals surface area contributed by atoms with E-state index in [-0.39, 0.29) is 12.2 Å². The molecule has 1 saturated heterocycles. The van der Waals surface area contributed by atoms with Crippen LogP contribution in [0.2, 0.25) is 0 Å². The molecule has 30 heavy (non-hydrogen) atoms. The van der Waals surface area contributed by atoms with Gasteiger partial charge in [-0.05, 0) is 76.8 Å². The smallest absolute Gasteiger partial charge is 0.126 e. The van der Waals surface area contributed by atoms with Gasteiger partial charge in [0.15, 0.2) is 0 Å². The highest BCUT2D eigenvalue weighted by molar-refractivity contribution is 5.51. The van der Waals surface area contributed by atoms with Gasteiger partial charge in [0.05, 0.1) is 24.1 Å². The molecule has 6 nitrogen and oxygen atoms in total. The Hall–Kier alpha value is -2.47. The maximum Gasteiger partial charge on any atom is 0.126 e. The van der Waals surface area contributed by atoms with Gasteiger partial charge in [-0.15, -0.1) is 0 Å². The Balaban J connectivity index is 1.58. The van der Waals surface area contributed by atoms with Gasteiger partial charge in [-0.1, -0.05) is 0 Å². The van der Waals surface area contributed by atoms with Crippen molar-refractivity contribution in [2.24, 2.45) is 0 Å². The molecule has 0 amide bonds. The average Bonchev–Trinajstić information content (AvgIpc) is 2.65. The van der Waals surface area contributed by atoms with Crippen LogP contribution in [-0.4, -0.2) is 41.2 Å². The van der Waals surface area contributed by atoms with E-state index in [1.165, 1.54) is 5.56 Å². The Morgan fingerprint density at radius 2 is 1.63 bits per heavy atom.